The highest BCUT2D eigenvalue weighted by Gasteiger charge is 2.20. The van der Waals surface area contributed by atoms with E-state index in [2.05, 4.69) is 5.32 Å². The minimum atomic E-state index is -0.486. The molecule has 0 saturated carbocycles. The van der Waals surface area contributed by atoms with E-state index >= 15 is 0 Å². The van der Waals surface area contributed by atoms with Gasteiger partial charge in [-0.2, -0.15) is 0 Å². The van der Waals surface area contributed by atoms with Crippen LogP contribution < -0.4 is 5.32 Å². The lowest BCUT2D eigenvalue weighted by molar-refractivity contribution is 0.219. The number of likely N-dealkylation sites (N-methyl/N-ethyl adjacent to an activating group) is 1. The van der Waals surface area contributed by atoms with Gasteiger partial charge in [-0.1, -0.05) is 13.0 Å². The van der Waals surface area contributed by atoms with E-state index in [9.17, 15) is 8.78 Å². The quantitative estimate of drug-likeness (QED) is 0.884. The van der Waals surface area contributed by atoms with Crippen LogP contribution in [0.2, 0.25) is 0 Å². The van der Waals surface area contributed by atoms with Crippen LogP contribution in [-0.2, 0) is 11.2 Å². The van der Waals surface area contributed by atoms with E-state index in [-0.39, 0.29) is 11.6 Å². The first-order valence-electron chi connectivity index (χ1n) is 6.69. The predicted molar refractivity (Wildman–Crippen MR) is 70.8 cm³/mol. The summed E-state index contributed by atoms with van der Waals surface area (Å²) in [5.41, 5.74) is 1.22. The Kier molecular flexibility index (Phi) is 4.91. The molecular weight excluding hydrogens is 248 g/mol. The Bertz CT molecular complexity index is 439. The summed E-state index contributed by atoms with van der Waals surface area (Å²) in [5.74, 6) is -0.972. The Labute approximate surface area is 112 Å². The highest BCUT2D eigenvalue weighted by Crippen LogP contribution is 2.21. The molecule has 0 aromatic heterocycles. The van der Waals surface area contributed by atoms with Gasteiger partial charge in [-0.25, -0.2) is 8.78 Å². The van der Waals surface area contributed by atoms with Crippen LogP contribution in [0.25, 0.3) is 0 Å². The fourth-order valence-corrected chi connectivity index (χ4v) is 2.35. The summed E-state index contributed by atoms with van der Waals surface area (Å²) in [6.07, 6.45) is 3.90. The van der Waals surface area contributed by atoms with Gasteiger partial charge in [0.15, 0.2) is 0 Å². The van der Waals surface area contributed by atoms with E-state index < -0.39 is 11.6 Å². The van der Waals surface area contributed by atoms with Crippen molar-refractivity contribution in [1.29, 1.82) is 0 Å². The third-order valence-electron chi connectivity index (χ3n) is 3.33. The summed E-state index contributed by atoms with van der Waals surface area (Å²) in [5, 5.41) is 3.27. The SMILES string of the molecule is CCNC(Cc1c(F)cccc1F)C1=COCCC1. The first kappa shape index (κ1) is 14.0. The van der Waals surface area contributed by atoms with Gasteiger partial charge in [0, 0.05) is 11.6 Å². The van der Waals surface area contributed by atoms with Crippen molar-refractivity contribution in [2.75, 3.05) is 13.2 Å². The van der Waals surface area contributed by atoms with Crippen molar-refractivity contribution in [2.45, 2.75) is 32.2 Å². The van der Waals surface area contributed by atoms with Gasteiger partial charge in [0.25, 0.3) is 0 Å². The van der Waals surface area contributed by atoms with Crippen LogP contribution in [0.15, 0.2) is 30.0 Å². The molecule has 1 aliphatic heterocycles. The van der Waals surface area contributed by atoms with Crippen molar-refractivity contribution >= 4 is 0 Å². The van der Waals surface area contributed by atoms with Gasteiger partial charge >= 0.3 is 0 Å². The van der Waals surface area contributed by atoms with E-state index in [0.717, 1.165) is 31.6 Å². The van der Waals surface area contributed by atoms with E-state index in [1.165, 1.54) is 18.2 Å². The molecular formula is C15H19F2NO. The van der Waals surface area contributed by atoms with Gasteiger partial charge in [-0.05, 0) is 43.5 Å². The van der Waals surface area contributed by atoms with Gasteiger partial charge in [0.2, 0.25) is 0 Å². The van der Waals surface area contributed by atoms with Crippen LogP contribution in [0.3, 0.4) is 0 Å². The standard InChI is InChI=1S/C15H19F2NO/c1-2-18-15(11-5-4-8-19-10-11)9-12-13(16)6-3-7-14(12)17/h3,6-7,10,15,18H,2,4-5,8-9H2,1H3. The third-order valence-corrected chi connectivity index (χ3v) is 3.33. The van der Waals surface area contributed by atoms with Crippen molar-refractivity contribution < 1.29 is 13.5 Å². The molecule has 0 amide bonds. The fourth-order valence-electron chi connectivity index (χ4n) is 2.35. The molecule has 1 N–H and O–H groups in total. The summed E-state index contributed by atoms with van der Waals surface area (Å²) >= 11 is 0. The van der Waals surface area contributed by atoms with Crippen molar-refractivity contribution in [3.05, 3.63) is 47.2 Å². The van der Waals surface area contributed by atoms with E-state index in [1.54, 1.807) is 6.26 Å². The second-order valence-corrected chi connectivity index (χ2v) is 4.68. The molecule has 104 valence electrons. The fraction of sp³-hybridized carbons (Fsp3) is 0.467. The Balaban J connectivity index is 2.18. The van der Waals surface area contributed by atoms with Crippen molar-refractivity contribution in [1.82, 2.24) is 5.32 Å². The molecule has 4 heteroatoms. The number of ether oxygens (including phenoxy) is 1. The topological polar surface area (TPSA) is 21.3 Å². The maximum Gasteiger partial charge on any atom is 0.129 e. The first-order valence-corrected chi connectivity index (χ1v) is 6.69. The normalized spacial score (nSPS) is 16.7. The van der Waals surface area contributed by atoms with Crippen molar-refractivity contribution in [2.24, 2.45) is 0 Å². The maximum absolute atomic E-state index is 13.7. The van der Waals surface area contributed by atoms with E-state index in [4.69, 9.17) is 4.74 Å². The molecule has 1 aromatic carbocycles. The minimum Gasteiger partial charge on any atom is -0.501 e. The Morgan fingerprint density at radius 1 is 1.32 bits per heavy atom. The lowest BCUT2D eigenvalue weighted by atomic mass is 9.95. The zero-order chi connectivity index (χ0) is 13.7. The number of rotatable bonds is 5. The zero-order valence-electron chi connectivity index (χ0n) is 11.1. The van der Waals surface area contributed by atoms with Gasteiger partial charge in [0.1, 0.15) is 11.6 Å². The molecule has 0 saturated heterocycles. The van der Waals surface area contributed by atoms with Crippen LogP contribution in [0, 0.1) is 11.6 Å². The zero-order valence-corrected chi connectivity index (χ0v) is 11.1. The molecule has 0 bridgehead atoms. The molecule has 2 rings (SSSR count). The molecule has 0 fully saturated rings. The molecule has 0 aliphatic carbocycles. The average molecular weight is 267 g/mol. The predicted octanol–water partition coefficient (Wildman–Crippen LogP) is 3.18. The summed E-state index contributed by atoms with van der Waals surface area (Å²) in [7, 11) is 0. The van der Waals surface area contributed by atoms with Crippen LogP contribution in [0.4, 0.5) is 8.78 Å². The van der Waals surface area contributed by atoms with Gasteiger partial charge in [-0.3, -0.25) is 0 Å². The number of halogens is 2. The molecule has 1 heterocycles. The summed E-state index contributed by atoms with van der Waals surface area (Å²) in [6.45, 7) is 3.45. The van der Waals surface area contributed by atoms with Gasteiger partial charge in [-0.15, -0.1) is 0 Å². The number of hydrogen-bond acceptors (Lipinski definition) is 2. The van der Waals surface area contributed by atoms with Crippen molar-refractivity contribution in [3.8, 4) is 0 Å². The maximum atomic E-state index is 13.7. The molecule has 0 radical (unpaired) electrons. The average Bonchev–Trinajstić information content (AvgIpc) is 2.43. The monoisotopic (exact) mass is 267 g/mol. The molecule has 19 heavy (non-hydrogen) atoms. The summed E-state index contributed by atoms with van der Waals surface area (Å²) < 4.78 is 32.7. The van der Waals surface area contributed by atoms with Gasteiger partial charge < -0.3 is 10.1 Å². The molecule has 1 atom stereocenters. The lowest BCUT2D eigenvalue weighted by Crippen LogP contribution is -2.34. The van der Waals surface area contributed by atoms with Crippen LogP contribution in [0.1, 0.15) is 25.3 Å². The summed E-state index contributed by atoms with van der Waals surface area (Å²) in [6, 6.07) is 3.91. The highest BCUT2D eigenvalue weighted by molar-refractivity contribution is 5.24. The second-order valence-electron chi connectivity index (χ2n) is 4.68. The molecule has 2 nitrogen and oxygen atoms in total. The Hall–Kier alpha value is -1.42. The number of nitrogens with one attached hydrogen (secondary N) is 1. The van der Waals surface area contributed by atoms with Crippen LogP contribution >= 0.6 is 0 Å². The van der Waals surface area contributed by atoms with E-state index in [1.807, 2.05) is 6.92 Å². The second kappa shape index (κ2) is 6.66. The number of benzene rings is 1. The highest BCUT2D eigenvalue weighted by atomic mass is 19.1. The van der Waals surface area contributed by atoms with Crippen molar-refractivity contribution in [3.63, 3.8) is 0 Å². The third kappa shape index (κ3) is 3.53. The molecule has 0 spiro atoms. The molecule has 1 unspecified atom stereocenters. The molecule has 1 aliphatic rings. The Morgan fingerprint density at radius 2 is 2.05 bits per heavy atom. The van der Waals surface area contributed by atoms with Gasteiger partial charge in [0.05, 0.1) is 12.9 Å². The van der Waals surface area contributed by atoms with Crippen LogP contribution in [-0.4, -0.2) is 19.2 Å². The smallest absolute Gasteiger partial charge is 0.129 e. The number of hydrogen-bond donors (Lipinski definition) is 1. The molecule has 1 aromatic rings. The van der Waals surface area contributed by atoms with Crippen LogP contribution in [0.5, 0.6) is 0 Å². The van der Waals surface area contributed by atoms with E-state index in [0.29, 0.717) is 6.42 Å². The first-order chi connectivity index (χ1) is 9.22. The lowest BCUT2D eigenvalue weighted by Gasteiger charge is -2.24. The minimum absolute atomic E-state index is 0.0725. The largest absolute Gasteiger partial charge is 0.501 e. The summed E-state index contributed by atoms with van der Waals surface area (Å²) in [4.78, 5) is 0. The Morgan fingerprint density at radius 3 is 2.63 bits per heavy atom.